The van der Waals surface area contributed by atoms with E-state index < -0.39 is 15.8 Å². The molecule has 6 nitrogen and oxygen atoms in total. The van der Waals surface area contributed by atoms with Crippen LogP contribution in [-0.2, 0) is 10.0 Å². The molecule has 0 saturated carbocycles. The Bertz CT molecular complexity index is 1190. The van der Waals surface area contributed by atoms with Gasteiger partial charge in [0.25, 0.3) is 0 Å². The number of benzene rings is 2. The number of nitrogens with one attached hydrogen (secondary N) is 1. The summed E-state index contributed by atoms with van der Waals surface area (Å²) in [5.41, 5.74) is 4.27. The minimum Gasteiger partial charge on any atom is -0.253 e. The van der Waals surface area contributed by atoms with E-state index in [9.17, 15) is 12.8 Å². The van der Waals surface area contributed by atoms with Crippen molar-refractivity contribution in [1.82, 2.24) is 9.29 Å². The van der Waals surface area contributed by atoms with Gasteiger partial charge in [-0.3, -0.25) is 5.43 Å². The normalized spacial score (nSPS) is 15.4. The molecule has 0 bridgehead atoms. The highest BCUT2D eigenvalue weighted by Gasteiger charge is 2.26. The van der Waals surface area contributed by atoms with E-state index in [1.807, 2.05) is 6.07 Å². The highest BCUT2D eigenvalue weighted by molar-refractivity contribution is 7.89. The molecule has 1 aliphatic rings. The van der Waals surface area contributed by atoms with E-state index in [2.05, 4.69) is 15.5 Å². The van der Waals surface area contributed by atoms with Gasteiger partial charge in [-0.05, 0) is 37.1 Å². The molecule has 2 aromatic carbocycles. The lowest BCUT2D eigenvalue weighted by molar-refractivity contribution is 0.346. The van der Waals surface area contributed by atoms with Crippen LogP contribution >= 0.6 is 22.9 Å². The lowest BCUT2D eigenvalue weighted by Crippen LogP contribution is -2.35. The fourth-order valence-corrected chi connectivity index (χ4v) is 5.76. The van der Waals surface area contributed by atoms with Crippen LogP contribution in [0.25, 0.3) is 11.3 Å². The van der Waals surface area contributed by atoms with E-state index in [0.29, 0.717) is 29.5 Å². The minimum atomic E-state index is -3.52. The van der Waals surface area contributed by atoms with Crippen LogP contribution in [-0.4, -0.2) is 37.0 Å². The van der Waals surface area contributed by atoms with Gasteiger partial charge >= 0.3 is 0 Å². The zero-order valence-electron chi connectivity index (χ0n) is 16.5. The van der Waals surface area contributed by atoms with Gasteiger partial charge in [0.1, 0.15) is 5.82 Å². The number of hydrazone groups is 1. The molecular formula is C21H20ClFN4O2S2. The first-order valence-corrected chi connectivity index (χ1v) is 12.4. The molecule has 31 heavy (non-hydrogen) atoms. The van der Waals surface area contributed by atoms with Gasteiger partial charge in [0.05, 0.1) is 21.8 Å². The summed E-state index contributed by atoms with van der Waals surface area (Å²) >= 11 is 7.29. The molecule has 1 aliphatic heterocycles. The topological polar surface area (TPSA) is 74.7 Å². The van der Waals surface area contributed by atoms with Crippen molar-refractivity contribution >= 4 is 44.3 Å². The van der Waals surface area contributed by atoms with E-state index in [1.165, 1.54) is 29.7 Å². The van der Waals surface area contributed by atoms with E-state index >= 15 is 0 Å². The summed E-state index contributed by atoms with van der Waals surface area (Å²) in [6, 6.07) is 11.2. The van der Waals surface area contributed by atoms with Crippen LogP contribution < -0.4 is 5.43 Å². The monoisotopic (exact) mass is 478 g/mol. The van der Waals surface area contributed by atoms with Crippen LogP contribution in [0.1, 0.15) is 24.8 Å². The summed E-state index contributed by atoms with van der Waals surface area (Å²) in [6.45, 7) is 1.11. The van der Waals surface area contributed by atoms with E-state index in [1.54, 1.807) is 34.0 Å². The van der Waals surface area contributed by atoms with Crippen molar-refractivity contribution in [3.05, 3.63) is 64.2 Å². The Morgan fingerprint density at radius 2 is 1.94 bits per heavy atom. The van der Waals surface area contributed by atoms with Gasteiger partial charge in [-0.2, -0.15) is 9.41 Å². The molecule has 1 saturated heterocycles. The third kappa shape index (κ3) is 4.95. The molecule has 3 aromatic rings. The maximum atomic E-state index is 13.8. The predicted octanol–water partition coefficient (Wildman–Crippen LogP) is 5.22. The molecule has 10 heteroatoms. The smallest absolute Gasteiger partial charge is 0.243 e. The summed E-state index contributed by atoms with van der Waals surface area (Å²) in [5, 5.41) is 6.56. The van der Waals surface area contributed by atoms with Gasteiger partial charge in [0.2, 0.25) is 15.2 Å². The number of piperidine rings is 1. The summed E-state index contributed by atoms with van der Waals surface area (Å²) < 4.78 is 41.2. The fourth-order valence-electron chi connectivity index (χ4n) is 3.31. The number of rotatable bonds is 6. The zero-order valence-corrected chi connectivity index (χ0v) is 18.9. The molecule has 0 amide bonds. The predicted molar refractivity (Wildman–Crippen MR) is 123 cm³/mol. The molecule has 1 N–H and O–H groups in total. The maximum absolute atomic E-state index is 13.8. The third-order valence-electron chi connectivity index (χ3n) is 4.94. The van der Waals surface area contributed by atoms with Crippen LogP contribution in [0.15, 0.2) is 57.8 Å². The second-order valence-electron chi connectivity index (χ2n) is 7.04. The molecule has 1 fully saturated rings. The van der Waals surface area contributed by atoms with E-state index in [-0.39, 0.29) is 15.5 Å². The number of nitrogens with zero attached hydrogens (tertiary/aromatic N) is 3. The highest BCUT2D eigenvalue weighted by Crippen LogP contribution is 2.28. The number of thiazole rings is 1. The van der Waals surface area contributed by atoms with Gasteiger partial charge in [-0.1, -0.05) is 36.2 Å². The number of sulfonamides is 1. The summed E-state index contributed by atoms with van der Waals surface area (Å²) in [5.74, 6) is -0.468. The molecular weight excluding hydrogens is 459 g/mol. The number of aromatic nitrogens is 1. The Morgan fingerprint density at radius 3 is 2.71 bits per heavy atom. The Labute approximate surface area is 189 Å². The van der Waals surface area contributed by atoms with Crippen molar-refractivity contribution in [3.8, 4) is 11.3 Å². The van der Waals surface area contributed by atoms with E-state index in [0.717, 1.165) is 19.3 Å². The van der Waals surface area contributed by atoms with Crippen molar-refractivity contribution < 1.29 is 12.8 Å². The molecule has 2 heterocycles. The van der Waals surface area contributed by atoms with Crippen molar-refractivity contribution in [1.29, 1.82) is 0 Å². The second-order valence-corrected chi connectivity index (χ2v) is 10.2. The number of hydrogen-bond donors (Lipinski definition) is 1. The largest absolute Gasteiger partial charge is 0.253 e. The molecule has 0 radical (unpaired) electrons. The average Bonchev–Trinajstić information content (AvgIpc) is 3.25. The summed E-state index contributed by atoms with van der Waals surface area (Å²) in [6.07, 6.45) is 4.13. The summed E-state index contributed by atoms with van der Waals surface area (Å²) in [7, 11) is -3.52. The van der Waals surface area contributed by atoms with Gasteiger partial charge in [0.15, 0.2) is 0 Å². The van der Waals surface area contributed by atoms with Crippen molar-refractivity contribution in [3.63, 3.8) is 0 Å². The Morgan fingerprint density at radius 1 is 1.16 bits per heavy atom. The quantitative estimate of drug-likeness (QED) is 0.389. The summed E-state index contributed by atoms with van der Waals surface area (Å²) in [4.78, 5) is 4.72. The second kappa shape index (κ2) is 9.44. The Kier molecular flexibility index (Phi) is 6.66. The third-order valence-corrected chi connectivity index (χ3v) is 7.91. The molecule has 0 unspecified atom stereocenters. The SMILES string of the molecule is O=S(=O)(c1cccc(-c2csc(NN=Cc3c(F)cccc3Cl)n2)c1)N1CCCCC1. The lowest BCUT2D eigenvalue weighted by Gasteiger charge is -2.26. The van der Waals surface area contributed by atoms with Crippen LogP contribution in [0.3, 0.4) is 0 Å². The first-order valence-electron chi connectivity index (χ1n) is 9.74. The fraction of sp³-hybridized carbons (Fsp3) is 0.238. The maximum Gasteiger partial charge on any atom is 0.243 e. The highest BCUT2D eigenvalue weighted by atomic mass is 35.5. The lowest BCUT2D eigenvalue weighted by atomic mass is 10.2. The van der Waals surface area contributed by atoms with Crippen LogP contribution in [0.4, 0.5) is 9.52 Å². The minimum absolute atomic E-state index is 0.184. The van der Waals surface area contributed by atoms with Gasteiger partial charge in [0, 0.05) is 29.6 Å². The number of hydrogen-bond acceptors (Lipinski definition) is 6. The van der Waals surface area contributed by atoms with Crippen molar-refractivity contribution in [2.45, 2.75) is 24.2 Å². The van der Waals surface area contributed by atoms with Gasteiger partial charge in [-0.25, -0.2) is 17.8 Å². The zero-order chi connectivity index (χ0) is 21.8. The molecule has 0 atom stereocenters. The van der Waals surface area contributed by atoms with Crippen molar-refractivity contribution in [2.24, 2.45) is 5.10 Å². The first kappa shape index (κ1) is 21.9. The van der Waals surface area contributed by atoms with Crippen LogP contribution in [0, 0.1) is 5.82 Å². The number of anilines is 1. The molecule has 4 rings (SSSR count). The van der Waals surface area contributed by atoms with E-state index in [4.69, 9.17) is 11.6 Å². The standard InChI is InChI=1S/C21H20ClFN4O2S2/c22-18-8-5-9-19(23)17(18)13-24-26-21-25-20(14-30-21)15-6-4-7-16(12-15)31(28,29)27-10-2-1-3-11-27/h4-9,12-14H,1-3,10-11H2,(H,25,26). The van der Waals surface area contributed by atoms with Crippen LogP contribution in [0.2, 0.25) is 5.02 Å². The average molecular weight is 479 g/mol. The Hall–Kier alpha value is -2.33. The molecule has 0 spiro atoms. The van der Waals surface area contributed by atoms with Gasteiger partial charge < -0.3 is 0 Å². The number of halogens is 2. The van der Waals surface area contributed by atoms with Crippen molar-refractivity contribution in [2.75, 3.05) is 18.5 Å². The Balaban J connectivity index is 1.50. The van der Waals surface area contributed by atoms with Crippen LogP contribution in [0.5, 0.6) is 0 Å². The molecule has 162 valence electrons. The molecule has 1 aromatic heterocycles. The molecule has 0 aliphatic carbocycles. The first-order chi connectivity index (χ1) is 14.9. The van der Waals surface area contributed by atoms with Gasteiger partial charge in [-0.15, -0.1) is 11.3 Å².